The monoisotopic (exact) mass is 474 g/mol. The first kappa shape index (κ1) is 22.9. The lowest BCUT2D eigenvalue weighted by Crippen LogP contribution is -2.47. The molecule has 5 nitrogen and oxygen atoms in total. The average Bonchev–Trinajstić information content (AvgIpc) is 3.51. The van der Waals surface area contributed by atoms with E-state index >= 15 is 0 Å². The van der Waals surface area contributed by atoms with E-state index in [1.807, 2.05) is 6.07 Å². The van der Waals surface area contributed by atoms with Crippen molar-refractivity contribution in [2.45, 2.75) is 26.7 Å². The second kappa shape index (κ2) is 10.2. The number of nitrogens with zero attached hydrogens (tertiary/aromatic N) is 3. The van der Waals surface area contributed by atoms with Gasteiger partial charge in [-0.15, -0.1) is 11.3 Å². The number of hydrogen-bond acceptors (Lipinski definition) is 5. The van der Waals surface area contributed by atoms with Gasteiger partial charge in [-0.25, -0.2) is 0 Å². The van der Waals surface area contributed by atoms with Crippen LogP contribution >= 0.6 is 11.3 Å². The summed E-state index contributed by atoms with van der Waals surface area (Å²) in [6.07, 6.45) is 2.04. The summed E-state index contributed by atoms with van der Waals surface area (Å²) >= 11 is 1.59. The van der Waals surface area contributed by atoms with Crippen molar-refractivity contribution < 1.29 is 4.79 Å². The van der Waals surface area contributed by atoms with Crippen LogP contribution in [0, 0.1) is 13.8 Å². The minimum Gasteiger partial charge on any atom is -0.369 e. The van der Waals surface area contributed by atoms with Gasteiger partial charge in [-0.3, -0.25) is 9.69 Å². The molecule has 0 spiro atoms. The molecule has 1 saturated heterocycles. The van der Waals surface area contributed by atoms with E-state index in [4.69, 9.17) is 0 Å². The molecule has 0 saturated carbocycles. The Morgan fingerprint density at radius 3 is 2.62 bits per heavy atom. The maximum Gasteiger partial charge on any atom is 0.261 e. The van der Waals surface area contributed by atoms with Crippen LogP contribution in [0.2, 0.25) is 0 Å². The second-order valence-electron chi connectivity index (χ2n) is 9.40. The first-order valence-electron chi connectivity index (χ1n) is 12.4. The normalized spacial score (nSPS) is 16.1. The predicted molar refractivity (Wildman–Crippen MR) is 143 cm³/mol. The summed E-state index contributed by atoms with van der Waals surface area (Å²) in [4.78, 5) is 20.8. The lowest BCUT2D eigenvalue weighted by atomic mass is 10.1. The highest BCUT2D eigenvalue weighted by Gasteiger charge is 2.22. The Labute approximate surface area is 207 Å². The van der Waals surface area contributed by atoms with Gasteiger partial charge in [0.15, 0.2) is 0 Å². The van der Waals surface area contributed by atoms with Crippen LogP contribution in [-0.2, 0) is 6.42 Å². The minimum absolute atomic E-state index is 0.0449. The Balaban J connectivity index is 1.05. The predicted octanol–water partition coefficient (Wildman–Crippen LogP) is 5.00. The Kier molecular flexibility index (Phi) is 6.88. The summed E-state index contributed by atoms with van der Waals surface area (Å²) in [7, 11) is 0. The highest BCUT2D eigenvalue weighted by molar-refractivity contribution is 7.18. The molecule has 1 amide bonds. The highest BCUT2D eigenvalue weighted by Crippen LogP contribution is 2.38. The van der Waals surface area contributed by atoms with E-state index in [-0.39, 0.29) is 5.91 Å². The number of benzene rings is 2. The zero-order valence-electron chi connectivity index (χ0n) is 20.2. The molecule has 0 aliphatic carbocycles. The van der Waals surface area contributed by atoms with Crippen molar-refractivity contribution >= 4 is 33.6 Å². The molecule has 1 aromatic heterocycles. The maximum atomic E-state index is 12.7. The number of hydrogen-bond donors (Lipinski definition) is 1. The van der Waals surface area contributed by atoms with Gasteiger partial charge in [-0.1, -0.05) is 30.3 Å². The third-order valence-corrected chi connectivity index (χ3v) is 8.09. The van der Waals surface area contributed by atoms with E-state index in [0.29, 0.717) is 0 Å². The average molecular weight is 475 g/mol. The van der Waals surface area contributed by atoms with Crippen LogP contribution in [-0.4, -0.2) is 56.6 Å². The number of fused-ring (bicyclic) bond motifs is 1. The van der Waals surface area contributed by atoms with Crippen LogP contribution in [0.4, 0.5) is 16.4 Å². The maximum absolute atomic E-state index is 12.7. The fourth-order valence-corrected chi connectivity index (χ4v) is 5.99. The van der Waals surface area contributed by atoms with Crippen LogP contribution in [0.1, 0.15) is 32.8 Å². The lowest BCUT2D eigenvalue weighted by Gasteiger charge is -2.37. The summed E-state index contributed by atoms with van der Waals surface area (Å²) in [6, 6.07) is 19.3. The second-order valence-corrected chi connectivity index (χ2v) is 10.5. The smallest absolute Gasteiger partial charge is 0.261 e. The van der Waals surface area contributed by atoms with Crippen LogP contribution < -0.4 is 15.1 Å². The van der Waals surface area contributed by atoms with Gasteiger partial charge in [0.25, 0.3) is 5.91 Å². The number of rotatable bonds is 7. The van der Waals surface area contributed by atoms with E-state index in [9.17, 15) is 4.79 Å². The zero-order chi connectivity index (χ0) is 23.5. The van der Waals surface area contributed by atoms with Crippen LogP contribution in [0.5, 0.6) is 0 Å². The van der Waals surface area contributed by atoms with Gasteiger partial charge in [-0.05, 0) is 74.2 Å². The number of para-hydroxylation sites is 1. The first-order chi connectivity index (χ1) is 16.6. The van der Waals surface area contributed by atoms with E-state index in [2.05, 4.69) is 82.4 Å². The summed E-state index contributed by atoms with van der Waals surface area (Å²) in [5, 5.41) is 4.28. The minimum atomic E-state index is 0.0449. The molecule has 178 valence electrons. The molecule has 2 aromatic carbocycles. The molecular weight excluding hydrogens is 440 g/mol. The zero-order valence-corrected chi connectivity index (χ0v) is 21.0. The molecule has 2 aliphatic rings. The highest BCUT2D eigenvalue weighted by atomic mass is 32.1. The van der Waals surface area contributed by atoms with E-state index in [1.165, 1.54) is 28.1 Å². The molecule has 5 rings (SSSR count). The summed E-state index contributed by atoms with van der Waals surface area (Å²) in [6.45, 7) is 11.4. The van der Waals surface area contributed by atoms with Crippen LogP contribution in [0.15, 0.2) is 54.6 Å². The number of nitrogens with one attached hydrogen (secondary N) is 1. The lowest BCUT2D eigenvalue weighted by molar-refractivity contribution is 0.0955. The Morgan fingerprint density at radius 1 is 0.941 bits per heavy atom. The molecule has 6 heteroatoms. The van der Waals surface area contributed by atoms with Crippen LogP contribution in [0.25, 0.3) is 0 Å². The molecule has 34 heavy (non-hydrogen) atoms. The Bertz CT molecular complexity index is 1150. The molecule has 1 N–H and O–H groups in total. The first-order valence-corrected chi connectivity index (χ1v) is 13.2. The summed E-state index contributed by atoms with van der Waals surface area (Å²) < 4.78 is 0. The van der Waals surface area contributed by atoms with Crippen molar-refractivity contribution in [3.05, 3.63) is 76.2 Å². The van der Waals surface area contributed by atoms with Gasteiger partial charge >= 0.3 is 0 Å². The molecule has 0 radical (unpaired) electrons. The topological polar surface area (TPSA) is 38.8 Å². The number of piperazine rings is 1. The molecule has 0 bridgehead atoms. The largest absolute Gasteiger partial charge is 0.369 e. The van der Waals surface area contributed by atoms with Crippen molar-refractivity contribution in [3.8, 4) is 0 Å². The SMILES string of the molecule is Cc1ccc(C)c(N2CCN(CCCNC(=O)c3ccc(N4CCc5ccccc54)s3)CC2)c1. The van der Waals surface area contributed by atoms with Gasteiger partial charge in [0, 0.05) is 50.6 Å². The van der Waals surface area contributed by atoms with Crippen molar-refractivity contribution in [2.75, 3.05) is 55.6 Å². The third kappa shape index (κ3) is 4.98. The number of aryl methyl sites for hydroxylation is 2. The van der Waals surface area contributed by atoms with Crippen molar-refractivity contribution in [1.29, 1.82) is 0 Å². The van der Waals surface area contributed by atoms with E-state index in [1.54, 1.807) is 11.3 Å². The van der Waals surface area contributed by atoms with Gasteiger partial charge < -0.3 is 15.1 Å². The van der Waals surface area contributed by atoms with Gasteiger partial charge in [0.2, 0.25) is 0 Å². The fourth-order valence-electron chi connectivity index (χ4n) is 5.03. The number of carbonyl (C=O) groups excluding carboxylic acids is 1. The molecule has 0 atom stereocenters. The van der Waals surface area contributed by atoms with Gasteiger partial charge in [0.1, 0.15) is 0 Å². The van der Waals surface area contributed by atoms with E-state index < -0.39 is 0 Å². The van der Waals surface area contributed by atoms with E-state index in [0.717, 1.165) is 68.5 Å². The quantitative estimate of drug-likeness (QED) is 0.489. The molecule has 0 unspecified atom stereocenters. The molecule has 2 aliphatic heterocycles. The van der Waals surface area contributed by atoms with Crippen molar-refractivity contribution in [2.24, 2.45) is 0 Å². The Morgan fingerprint density at radius 2 is 1.76 bits per heavy atom. The number of carbonyl (C=O) groups is 1. The summed E-state index contributed by atoms with van der Waals surface area (Å²) in [5.74, 6) is 0.0449. The fraction of sp³-hybridized carbons (Fsp3) is 0.393. The van der Waals surface area contributed by atoms with Crippen molar-refractivity contribution in [3.63, 3.8) is 0 Å². The summed E-state index contributed by atoms with van der Waals surface area (Å²) in [5.41, 5.74) is 6.71. The third-order valence-electron chi connectivity index (χ3n) is 6.98. The van der Waals surface area contributed by atoms with Crippen molar-refractivity contribution in [1.82, 2.24) is 10.2 Å². The number of anilines is 3. The molecule has 1 fully saturated rings. The van der Waals surface area contributed by atoms with Gasteiger partial charge in [-0.2, -0.15) is 0 Å². The molecule has 3 heterocycles. The Hall–Kier alpha value is -2.83. The standard InChI is InChI=1S/C28H34N4OS/c1-21-8-9-22(2)25(20-21)31-18-16-30(17-19-31)14-5-13-29-28(33)26-10-11-27(34-26)32-15-12-23-6-3-4-7-24(23)32/h3-4,6-11,20H,5,12-19H2,1-2H3,(H,29,33). The molecule has 3 aromatic rings. The molecular formula is C28H34N4OS. The van der Waals surface area contributed by atoms with Crippen LogP contribution in [0.3, 0.4) is 0 Å². The van der Waals surface area contributed by atoms with Gasteiger partial charge in [0.05, 0.1) is 9.88 Å². The number of thiophene rings is 1. The number of amides is 1.